The summed E-state index contributed by atoms with van der Waals surface area (Å²) in [4.78, 5) is 13.4. The molecule has 0 aliphatic heterocycles. The van der Waals surface area contributed by atoms with Gasteiger partial charge >= 0.3 is 0 Å². The number of hydrogen-bond acceptors (Lipinski definition) is 3. The first-order chi connectivity index (χ1) is 8.12. The number of hydrogen-bond donors (Lipinski definition) is 1. The minimum absolute atomic E-state index is 0.0165. The van der Waals surface area contributed by atoms with Gasteiger partial charge in [0.05, 0.1) is 18.5 Å². The molecule has 0 aromatic carbocycles. The third-order valence-corrected chi connectivity index (χ3v) is 3.91. The molecule has 1 aliphatic rings. The van der Waals surface area contributed by atoms with Gasteiger partial charge in [0.25, 0.3) is 0 Å². The quantitative estimate of drug-likeness (QED) is 0.803. The van der Waals surface area contributed by atoms with E-state index in [1.807, 2.05) is 11.9 Å². The minimum atomic E-state index is 0.0165. The average molecular weight is 237 g/mol. The van der Waals surface area contributed by atoms with Gasteiger partial charge in [0.2, 0.25) is 5.91 Å². The van der Waals surface area contributed by atoms with E-state index in [2.05, 4.69) is 18.3 Å². The van der Waals surface area contributed by atoms with Crippen LogP contribution in [0.1, 0.15) is 32.6 Å². The molecule has 0 bridgehead atoms. The van der Waals surface area contributed by atoms with E-state index >= 15 is 0 Å². The van der Waals surface area contributed by atoms with E-state index in [1.54, 1.807) is 7.05 Å². The molecule has 1 aliphatic carbocycles. The molecule has 1 fully saturated rings. The number of nitriles is 1. The standard InChI is InChI=1S/C13H23N3O/c1-4-10-5-6-11(8-14)12(7-10)16(3)9-13(17)15-2/h10-12H,4-7,9H2,1-3H3,(H,15,17). The van der Waals surface area contributed by atoms with Gasteiger partial charge in [-0.3, -0.25) is 9.69 Å². The van der Waals surface area contributed by atoms with E-state index in [4.69, 9.17) is 0 Å². The van der Waals surface area contributed by atoms with Gasteiger partial charge in [-0.25, -0.2) is 0 Å². The highest BCUT2D eigenvalue weighted by Gasteiger charge is 2.32. The molecule has 1 rings (SSSR count). The van der Waals surface area contributed by atoms with Gasteiger partial charge < -0.3 is 5.32 Å². The van der Waals surface area contributed by atoms with Crippen molar-refractivity contribution in [1.82, 2.24) is 10.2 Å². The van der Waals surface area contributed by atoms with E-state index in [9.17, 15) is 10.1 Å². The van der Waals surface area contributed by atoms with E-state index in [1.165, 1.54) is 6.42 Å². The average Bonchev–Trinajstić information content (AvgIpc) is 2.37. The van der Waals surface area contributed by atoms with Gasteiger partial charge in [0.1, 0.15) is 0 Å². The normalized spacial score (nSPS) is 28.8. The van der Waals surface area contributed by atoms with Crippen LogP contribution in [-0.2, 0) is 4.79 Å². The zero-order valence-corrected chi connectivity index (χ0v) is 11.1. The summed E-state index contributed by atoms with van der Waals surface area (Å²) in [7, 11) is 3.59. The van der Waals surface area contributed by atoms with Crippen LogP contribution in [0.25, 0.3) is 0 Å². The molecule has 3 unspecified atom stereocenters. The summed E-state index contributed by atoms with van der Waals surface area (Å²) in [6.07, 6.45) is 4.33. The van der Waals surface area contributed by atoms with E-state index in [0.29, 0.717) is 12.5 Å². The number of nitrogens with one attached hydrogen (secondary N) is 1. The number of carbonyl (C=O) groups is 1. The van der Waals surface area contributed by atoms with Gasteiger partial charge in [0, 0.05) is 13.1 Å². The Labute approximate surface area is 104 Å². The van der Waals surface area contributed by atoms with Crippen molar-refractivity contribution in [1.29, 1.82) is 5.26 Å². The summed E-state index contributed by atoms with van der Waals surface area (Å²) >= 11 is 0. The van der Waals surface area contributed by atoms with Crippen LogP contribution in [-0.4, -0.2) is 37.5 Å². The molecule has 0 aromatic heterocycles. The molecule has 1 saturated carbocycles. The molecule has 0 radical (unpaired) electrons. The molecule has 0 saturated heterocycles. The van der Waals surface area contributed by atoms with Gasteiger partial charge in [-0.15, -0.1) is 0 Å². The van der Waals surface area contributed by atoms with Gasteiger partial charge in [-0.05, 0) is 32.2 Å². The summed E-state index contributed by atoms with van der Waals surface area (Å²) in [6, 6.07) is 2.63. The molecular weight excluding hydrogens is 214 g/mol. The minimum Gasteiger partial charge on any atom is -0.358 e. The van der Waals surface area contributed by atoms with E-state index < -0.39 is 0 Å². The fourth-order valence-corrected chi connectivity index (χ4v) is 2.66. The Hall–Kier alpha value is -1.08. The maximum Gasteiger partial charge on any atom is 0.233 e. The van der Waals surface area contributed by atoms with Gasteiger partial charge in [-0.1, -0.05) is 13.3 Å². The summed E-state index contributed by atoms with van der Waals surface area (Å²) in [5, 5.41) is 11.8. The van der Waals surface area contributed by atoms with Crippen LogP contribution in [0.5, 0.6) is 0 Å². The predicted octanol–water partition coefficient (Wildman–Crippen LogP) is 1.38. The maximum absolute atomic E-state index is 11.4. The summed E-state index contributed by atoms with van der Waals surface area (Å²) in [5.74, 6) is 0.798. The Morgan fingerprint density at radius 1 is 1.53 bits per heavy atom. The Balaban J connectivity index is 2.62. The predicted molar refractivity (Wildman–Crippen MR) is 67.2 cm³/mol. The van der Waals surface area contributed by atoms with Crippen LogP contribution in [0.4, 0.5) is 0 Å². The third kappa shape index (κ3) is 3.71. The fourth-order valence-electron chi connectivity index (χ4n) is 2.66. The number of nitrogens with zero attached hydrogens (tertiary/aromatic N) is 2. The lowest BCUT2D eigenvalue weighted by atomic mass is 9.77. The van der Waals surface area contributed by atoms with Crippen molar-refractivity contribution in [3.8, 4) is 6.07 Å². The zero-order valence-electron chi connectivity index (χ0n) is 11.1. The summed E-state index contributed by atoms with van der Waals surface area (Å²) in [6.45, 7) is 2.59. The first kappa shape index (κ1) is 14.0. The van der Waals surface area contributed by atoms with Crippen molar-refractivity contribution in [2.75, 3.05) is 20.6 Å². The Morgan fingerprint density at radius 3 is 2.76 bits per heavy atom. The molecule has 1 N–H and O–H groups in total. The number of likely N-dealkylation sites (N-methyl/N-ethyl adjacent to an activating group) is 2. The second kappa shape index (κ2) is 6.61. The van der Waals surface area contributed by atoms with Crippen molar-refractivity contribution in [3.05, 3.63) is 0 Å². The third-order valence-electron chi connectivity index (χ3n) is 3.91. The largest absolute Gasteiger partial charge is 0.358 e. The molecular formula is C13H23N3O. The SMILES string of the molecule is CCC1CCC(C#N)C(N(C)CC(=O)NC)C1. The first-order valence-corrected chi connectivity index (χ1v) is 6.42. The van der Waals surface area contributed by atoms with Crippen LogP contribution < -0.4 is 5.32 Å². The van der Waals surface area contributed by atoms with E-state index in [0.717, 1.165) is 19.3 Å². The molecule has 17 heavy (non-hydrogen) atoms. The molecule has 0 heterocycles. The highest BCUT2D eigenvalue weighted by Crippen LogP contribution is 2.33. The molecule has 96 valence electrons. The molecule has 3 atom stereocenters. The van der Waals surface area contributed by atoms with Crippen molar-refractivity contribution in [2.45, 2.75) is 38.6 Å². The second-order valence-electron chi connectivity index (χ2n) is 4.98. The lowest BCUT2D eigenvalue weighted by molar-refractivity contribution is -0.122. The fraction of sp³-hybridized carbons (Fsp3) is 0.846. The molecule has 0 spiro atoms. The van der Waals surface area contributed by atoms with Gasteiger partial charge in [-0.2, -0.15) is 5.26 Å². The number of carbonyl (C=O) groups excluding carboxylic acids is 1. The van der Waals surface area contributed by atoms with Crippen LogP contribution >= 0.6 is 0 Å². The van der Waals surface area contributed by atoms with Crippen LogP contribution in [0, 0.1) is 23.2 Å². The lowest BCUT2D eigenvalue weighted by Crippen LogP contribution is -2.45. The van der Waals surface area contributed by atoms with Gasteiger partial charge in [0.15, 0.2) is 0 Å². The summed E-state index contributed by atoms with van der Waals surface area (Å²) in [5.41, 5.74) is 0. The van der Waals surface area contributed by atoms with Crippen molar-refractivity contribution < 1.29 is 4.79 Å². The first-order valence-electron chi connectivity index (χ1n) is 6.42. The highest BCUT2D eigenvalue weighted by atomic mass is 16.1. The van der Waals surface area contributed by atoms with Crippen molar-refractivity contribution in [3.63, 3.8) is 0 Å². The monoisotopic (exact) mass is 237 g/mol. The lowest BCUT2D eigenvalue weighted by Gasteiger charge is -2.37. The number of rotatable bonds is 4. The van der Waals surface area contributed by atoms with Crippen LogP contribution in [0.2, 0.25) is 0 Å². The highest BCUT2D eigenvalue weighted by molar-refractivity contribution is 5.77. The van der Waals surface area contributed by atoms with Crippen molar-refractivity contribution in [2.24, 2.45) is 11.8 Å². The Morgan fingerprint density at radius 2 is 2.24 bits per heavy atom. The molecule has 1 amide bonds. The molecule has 4 nitrogen and oxygen atoms in total. The molecule has 0 aromatic rings. The summed E-state index contributed by atoms with van der Waals surface area (Å²) < 4.78 is 0. The van der Waals surface area contributed by atoms with E-state index in [-0.39, 0.29) is 17.9 Å². The molecule has 4 heteroatoms. The smallest absolute Gasteiger partial charge is 0.233 e. The topological polar surface area (TPSA) is 56.1 Å². The van der Waals surface area contributed by atoms with Crippen LogP contribution in [0.15, 0.2) is 0 Å². The zero-order chi connectivity index (χ0) is 12.8. The Bertz CT molecular complexity index is 298. The maximum atomic E-state index is 11.4. The number of amides is 1. The Kier molecular flexibility index (Phi) is 5.43. The van der Waals surface area contributed by atoms with Crippen LogP contribution in [0.3, 0.4) is 0 Å². The van der Waals surface area contributed by atoms with Crippen molar-refractivity contribution >= 4 is 5.91 Å². The second-order valence-corrected chi connectivity index (χ2v) is 4.98.